The van der Waals surface area contributed by atoms with Crippen molar-refractivity contribution in [1.29, 1.82) is 0 Å². The summed E-state index contributed by atoms with van der Waals surface area (Å²) in [5.74, 6) is -1.13. The zero-order valence-corrected chi connectivity index (χ0v) is 9.93. The van der Waals surface area contributed by atoms with Crippen molar-refractivity contribution in [1.82, 2.24) is 5.32 Å². The SMILES string of the molecule is COC(=O)C(O)CNC(=O)C1(C)COCC1N. The number of nitrogens with one attached hydrogen (secondary N) is 1. The molecule has 1 heterocycles. The quantitative estimate of drug-likeness (QED) is 0.495. The molecule has 1 amide bonds. The fourth-order valence-corrected chi connectivity index (χ4v) is 1.53. The second-order valence-electron chi connectivity index (χ2n) is 4.29. The number of aliphatic hydroxyl groups is 1. The van der Waals surface area contributed by atoms with Crippen LogP contribution < -0.4 is 11.1 Å². The monoisotopic (exact) mass is 246 g/mol. The maximum atomic E-state index is 11.9. The molecule has 0 aromatic rings. The number of nitrogens with two attached hydrogens (primary N) is 1. The second kappa shape index (κ2) is 5.44. The first-order valence-electron chi connectivity index (χ1n) is 5.29. The maximum Gasteiger partial charge on any atom is 0.336 e. The molecule has 7 nitrogen and oxygen atoms in total. The fourth-order valence-electron chi connectivity index (χ4n) is 1.53. The number of ether oxygens (including phenoxy) is 2. The lowest BCUT2D eigenvalue weighted by molar-refractivity contribution is -0.150. The van der Waals surface area contributed by atoms with E-state index in [2.05, 4.69) is 10.1 Å². The summed E-state index contributed by atoms with van der Waals surface area (Å²) in [4.78, 5) is 22.8. The van der Waals surface area contributed by atoms with Crippen LogP contribution in [0.1, 0.15) is 6.92 Å². The van der Waals surface area contributed by atoms with Crippen molar-refractivity contribution in [2.75, 3.05) is 26.9 Å². The van der Waals surface area contributed by atoms with E-state index in [0.717, 1.165) is 7.11 Å². The smallest absolute Gasteiger partial charge is 0.336 e. The highest BCUT2D eigenvalue weighted by atomic mass is 16.5. The minimum Gasteiger partial charge on any atom is -0.467 e. The van der Waals surface area contributed by atoms with Gasteiger partial charge in [0.15, 0.2) is 6.10 Å². The van der Waals surface area contributed by atoms with Crippen LogP contribution in [0.2, 0.25) is 0 Å². The third kappa shape index (κ3) is 2.93. The Labute approximate surface area is 99.3 Å². The zero-order chi connectivity index (χ0) is 13.1. The number of esters is 1. The van der Waals surface area contributed by atoms with Crippen molar-refractivity contribution in [3.8, 4) is 0 Å². The van der Waals surface area contributed by atoms with Gasteiger partial charge < -0.3 is 25.6 Å². The second-order valence-corrected chi connectivity index (χ2v) is 4.29. The highest BCUT2D eigenvalue weighted by Gasteiger charge is 2.44. The molecule has 1 aliphatic rings. The van der Waals surface area contributed by atoms with Crippen molar-refractivity contribution < 1.29 is 24.2 Å². The summed E-state index contributed by atoms with van der Waals surface area (Å²) < 4.78 is 9.46. The maximum absolute atomic E-state index is 11.9. The number of aliphatic hydroxyl groups excluding tert-OH is 1. The van der Waals surface area contributed by atoms with Crippen LogP contribution in [0.15, 0.2) is 0 Å². The molecule has 0 spiro atoms. The Morgan fingerprint density at radius 3 is 2.82 bits per heavy atom. The minimum absolute atomic E-state index is 0.201. The fraction of sp³-hybridized carbons (Fsp3) is 0.800. The molecule has 98 valence electrons. The molecule has 4 N–H and O–H groups in total. The molecule has 3 unspecified atom stereocenters. The highest BCUT2D eigenvalue weighted by molar-refractivity contribution is 5.84. The van der Waals surface area contributed by atoms with Crippen LogP contribution in [0.3, 0.4) is 0 Å². The largest absolute Gasteiger partial charge is 0.467 e. The molecular weight excluding hydrogens is 228 g/mol. The standard InChI is InChI=1S/C10H18N2O5/c1-10(5-17-4-7(10)11)9(15)12-3-6(13)8(14)16-2/h6-7,13H,3-5,11H2,1-2H3,(H,12,15). The minimum atomic E-state index is -1.37. The number of hydrogen-bond donors (Lipinski definition) is 3. The molecule has 1 aliphatic heterocycles. The predicted octanol–water partition coefficient (Wildman–Crippen LogP) is -2.00. The Morgan fingerprint density at radius 1 is 1.71 bits per heavy atom. The molecule has 0 aromatic carbocycles. The third-order valence-electron chi connectivity index (χ3n) is 2.97. The summed E-state index contributed by atoms with van der Waals surface area (Å²) in [7, 11) is 1.16. The molecule has 0 saturated carbocycles. The topological polar surface area (TPSA) is 111 Å². The summed E-state index contributed by atoms with van der Waals surface area (Å²) in [6.45, 7) is 2.04. The van der Waals surface area contributed by atoms with Crippen molar-refractivity contribution in [3.05, 3.63) is 0 Å². The van der Waals surface area contributed by atoms with Gasteiger partial charge in [0.1, 0.15) is 0 Å². The molecule has 0 aromatic heterocycles. The van der Waals surface area contributed by atoms with Crippen molar-refractivity contribution in [2.24, 2.45) is 11.1 Å². The normalized spacial score (nSPS) is 29.8. The molecular formula is C10H18N2O5. The lowest BCUT2D eigenvalue weighted by Gasteiger charge is -2.25. The first-order valence-corrected chi connectivity index (χ1v) is 5.29. The molecule has 17 heavy (non-hydrogen) atoms. The summed E-state index contributed by atoms with van der Waals surface area (Å²) in [6.07, 6.45) is -1.37. The average molecular weight is 246 g/mol. The lowest BCUT2D eigenvalue weighted by atomic mass is 9.85. The number of rotatable bonds is 4. The van der Waals surface area contributed by atoms with Gasteiger partial charge in [0, 0.05) is 6.04 Å². The van der Waals surface area contributed by atoms with E-state index in [1.165, 1.54) is 0 Å². The summed E-state index contributed by atoms with van der Waals surface area (Å²) in [6, 6.07) is -0.391. The Kier molecular flexibility index (Phi) is 4.44. The molecule has 1 rings (SSSR count). The summed E-state index contributed by atoms with van der Waals surface area (Å²) in [5, 5.41) is 11.8. The van der Waals surface area contributed by atoms with Crippen LogP contribution in [0.4, 0.5) is 0 Å². The highest BCUT2D eigenvalue weighted by Crippen LogP contribution is 2.26. The van der Waals surface area contributed by atoms with Crippen LogP contribution in [0.5, 0.6) is 0 Å². The predicted molar refractivity (Wildman–Crippen MR) is 57.9 cm³/mol. The van der Waals surface area contributed by atoms with Gasteiger partial charge in [0.2, 0.25) is 5.91 Å². The van der Waals surface area contributed by atoms with Gasteiger partial charge in [-0.25, -0.2) is 4.79 Å². The third-order valence-corrected chi connectivity index (χ3v) is 2.97. The van der Waals surface area contributed by atoms with E-state index < -0.39 is 23.5 Å². The van der Waals surface area contributed by atoms with Crippen LogP contribution in [-0.2, 0) is 19.1 Å². The first kappa shape index (κ1) is 13.9. The van der Waals surface area contributed by atoms with Gasteiger partial charge in [-0.1, -0.05) is 0 Å². The van der Waals surface area contributed by atoms with E-state index in [-0.39, 0.29) is 19.1 Å². The summed E-state index contributed by atoms with van der Waals surface area (Å²) in [5.41, 5.74) is 4.94. The Hall–Kier alpha value is -1.18. The molecule has 1 saturated heterocycles. The number of methoxy groups -OCH3 is 1. The Morgan fingerprint density at radius 2 is 2.35 bits per heavy atom. The van der Waals surface area contributed by atoms with Crippen LogP contribution in [0.25, 0.3) is 0 Å². The lowest BCUT2D eigenvalue weighted by Crippen LogP contribution is -2.51. The van der Waals surface area contributed by atoms with Gasteiger partial charge >= 0.3 is 5.97 Å². The molecule has 0 bridgehead atoms. The number of carbonyl (C=O) groups is 2. The van der Waals surface area contributed by atoms with Crippen LogP contribution in [0, 0.1) is 5.41 Å². The number of carbonyl (C=O) groups excluding carboxylic acids is 2. The Bertz CT molecular complexity index is 309. The van der Waals surface area contributed by atoms with E-state index >= 15 is 0 Å². The van der Waals surface area contributed by atoms with Gasteiger partial charge in [-0.15, -0.1) is 0 Å². The van der Waals surface area contributed by atoms with Crippen LogP contribution >= 0.6 is 0 Å². The van der Waals surface area contributed by atoms with Gasteiger partial charge in [-0.05, 0) is 6.92 Å². The molecule has 7 heteroatoms. The van der Waals surface area contributed by atoms with E-state index in [1.54, 1.807) is 6.92 Å². The van der Waals surface area contributed by atoms with Gasteiger partial charge in [-0.2, -0.15) is 0 Å². The molecule has 0 radical (unpaired) electrons. The zero-order valence-electron chi connectivity index (χ0n) is 9.93. The van der Waals surface area contributed by atoms with E-state index in [4.69, 9.17) is 10.5 Å². The average Bonchev–Trinajstić information content (AvgIpc) is 2.66. The van der Waals surface area contributed by atoms with Crippen LogP contribution in [-0.4, -0.2) is 56.0 Å². The molecule has 0 aliphatic carbocycles. The van der Waals surface area contributed by atoms with E-state index in [9.17, 15) is 14.7 Å². The van der Waals surface area contributed by atoms with Crippen molar-refractivity contribution in [2.45, 2.75) is 19.1 Å². The van der Waals surface area contributed by atoms with Gasteiger partial charge in [0.25, 0.3) is 0 Å². The van der Waals surface area contributed by atoms with E-state index in [1.807, 2.05) is 0 Å². The molecule has 3 atom stereocenters. The number of amides is 1. The van der Waals surface area contributed by atoms with Crippen molar-refractivity contribution >= 4 is 11.9 Å². The van der Waals surface area contributed by atoms with Gasteiger partial charge in [-0.3, -0.25) is 4.79 Å². The summed E-state index contributed by atoms with van der Waals surface area (Å²) >= 11 is 0. The van der Waals surface area contributed by atoms with Crippen molar-refractivity contribution in [3.63, 3.8) is 0 Å². The van der Waals surface area contributed by atoms with E-state index in [0.29, 0.717) is 6.61 Å². The van der Waals surface area contributed by atoms with Gasteiger partial charge in [0.05, 0.1) is 32.3 Å². The number of hydrogen-bond acceptors (Lipinski definition) is 6. The first-order chi connectivity index (χ1) is 7.91. The Balaban J connectivity index is 2.47. The molecule has 1 fully saturated rings.